The van der Waals surface area contributed by atoms with Crippen molar-refractivity contribution in [1.82, 2.24) is 10.5 Å². The fourth-order valence-corrected chi connectivity index (χ4v) is 3.80. The number of carbonyl (C=O) groups excluding carboxylic acids is 3. The van der Waals surface area contributed by atoms with E-state index in [-0.39, 0.29) is 19.1 Å². The number of carbonyl (C=O) groups is 3. The highest BCUT2D eigenvalue weighted by Crippen LogP contribution is 2.59. The lowest BCUT2D eigenvalue weighted by atomic mass is 9.97. The number of nitrogens with two attached hydrogens (primary N) is 2. The van der Waals surface area contributed by atoms with E-state index in [4.69, 9.17) is 26.1 Å². The number of fused-ring (bicyclic) bond motifs is 1. The Bertz CT molecular complexity index is 1210. The zero-order valence-electron chi connectivity index (χ0n) is 17.5. The molecular formula is C23H22N4O6. The number of nitrogens with one attached hydrogen (secondary N) is 1. The molecule has 0 bridgehead atoms. The Balaban J connectivity index is 1.51. The molecule has 0 saturated heterocycles. The van der Waals surface area contributed by atoms with Crippen molar-refractivity contribution in [3.8, 4) is 11.5 Å². The van der Waals surface area contributed by atoms with E-state index in [0.717, 1.165) is 5.56 Å². The van der Waals surface area contributed by atoms with Crippen molar-refractivity contribution in [2.45, 2.75) is 12.3 Å². The first-order valence-corrected chi connectivity index (χ1v) is 10.2. The third kappa shape index (κ3) is 4.21. The van der Waals surface area contributed by atoms with Gasteiger partial charge in [0.25, 0.3) is 5.91 Å². The molecule has 10 nitrogen and oxygen atoms in total. The molecule has 1 heterocycles. The molecule has 3 aromatic rings. The lowest BCUT2D eigenvalue weighted by molar-refractivity contribution is -0.133. The van der Waals surface area contributed by atoms with Crippen LogP contribution in [0.5, 0.6) is 11.5 Å². The van der Waals surface area contributed by atoms with Crippen molar-refractivity contribution in [3.05, 3.63) is 65.9 Å². The first kappa shape index (κ1) is 22.2. The minimum absolute atomic E-state index is 0.0128. The Morgan fingerprint density at radius 3 is 2.45 bits per heavy atom. The molecule has 0 spiro atoms. The quantitative estimate of drug-likeness (QED) is 0.215. The highest BCUT2D eigenvalue weighted by atomic mass is 16.7. The lowest BCUT2D eigenvalue weighted by Gasteiger charge is -2.11. The average Bonchev–Trinajstić information content (AvgIpc) is 3.57. The lowest BCUT2D eigenvalue weighted by Crippen LogP contribution is -2.38. The van der Waals surface area contributed by atoms with E-state index < -0.39 is 23.1 Å². The number of benzene rings is 2. The molecule has 1 unspecified atom stereocenters. The minimum atomic E-state index is -1.32. The van der Waals surface area contributed by atoms with E-state index >= 15 is 0 Å². The van der Waals surface area contributed by atoms with Gasteiger partial charge in [-0.25, -0.2) is 5.48 Å². The smallest absolute Gasteiger partial charge is 0.274 e. The molecule has 33 heavy (non-hydrogen) atoms. The van der Waals surface area contributed by atoms with Crippen LogP contribution < -0.4 is 21.7 Å². The van der Waals surface area contributed by atoms with E-state index in [1.54, 1.807) is 54.7 Å². The number of hydrogen-bond donors (Lipinski definition) is 4. The number of ether oxygens (including phenoxy) is 1. The molecule has 170 valence electrons. The summed E-state index contributed by atoms with van der Waals surface area (Å²) in [5.74, 6) is -1.15. The molecule has 1 atom stereocenters. The average molecular weight is 450 g/mol. The molecule has 1 aromatic heterocycles. The summed E-state index contributed by atoms with van der Waals surface area (Å²) in [5, 5.41) is 9.41. The van der Waals surface area contributed by atoms with Crippen LogP contribution >= 0.6 is 0 Å². The Morgan fingerprint density at radius 2 is 1.82 bits per heavy atom. The Kier molecular flexibility index (Phi) is 5.95. The predicted octanol–water partition coefficient (Wildman–Crippen LogP) is 1.13. The SMILES string of the molecule is NC(=O)C1(C(N)=O)CC1c1ccc(Oc2ccnc3cc(C(=O)NOCCO)ccc23)cc1. The van der Waals surface area contributed by atoms with Crippen molar-refractivity contribution < 1.29 is 29.1 Å². The van der Waals surface area contributed by atoms with Gasteiger partial charge >= 0.3 is 0 Å². The number of pyridine rings is 1. The largest absolute Gasteiger partial charge is 0.457 e. The minimum Gasteiger partial charge on any atom is -0.457 e. The van der Waals surface area contributed by atoms with Gasteiger partial charge in [-0.3, -0.25) is 24.2 Å². The molecule has 4 rings (SSSR count). The fourth-order valence-electron chi connectivity index (χ4n) is 3.80. The van der Waals surface area contributed by atoms with Gasteiger partial charge in [-0.2, -0.15) is 0 Å². The third-order valence-electron chi connectivity index (χ3n) is 5.67. The second-order valence-corrected chi connectivity index (χ2v) is 7.67. The van der Waals surface area contributed by atoms with Crippen LogP contribution in [0, 0.1) is 5.41 Å². The van der Waals surface area contributed by atoms with Gasteiger partial charge in [0.05, 0.1) is 18.7 Å². The van der Waals surface area contributed by atoms with Gasteiger partial charge in [0.15, 0.2) is 0 Å². The molecule has 0 aliphatic heterocycles. The summed E-state index contributed by atoms with van der Waals surface area (Å²) in [5.41, 5.74) is 13.4. The topological polar surface area (TPSA) is 167 Å². The molecular weight excluding hydrogens is 428 g/mol. The molecule has 1 aliphatic rings. The Hall–Kier alpha value is -4.02. The van der Waals surface area contributed by atoms with Crippen molar-refractivity contribution in [3.63, 3.8) is 0 Å². The zero-order valence-corrected chi connectivity index (χ0v) is 17.5. The Labute approximate surface area is 188 Å². The molecule has 10 heteroatoms. The summed E-state index contributed by atoms with van der Waals surface area (Å²) >= 11 is 0. The van der Waals surface area contributed by atoms with E-state index in [2.05, 4.69) is 10.5 Å². The van der Waals surface area contributed by atoms with Crippen LogP contribution in [-0.2, 0) is 14.4 Å². The van der Waals surface area contributed by atoms with Crippen LogP contribution in [0.3, 0.4) is 0 Å². The number of aromatic nitrogens is 1. The van der Waals surface area contributed by atoms with Crippen molar-refractivity contribution in [2.24, 2.45) is 16.9 Å². The molecule has 6 N–H and O–H groups in total. The molecule has 1 saturated carbocycles. The maximum atomic E-state index is 12.1. The highest BCUT2D eigenvalue weighted by molar-refractivity contribution is 6.08. The third-order valence-corrected chi connectivity index (χ3v) is 5.67. The van der Waals surface area contributed by atoms with E-state index in [0.29, 0.717) is 34.4 Å². The maximum Gasteiger partial charge on any atom is 0.274 e. The Morgan fingerprint density at radius 1 is 1.09 bits per heavy atom. The predicted molar refractivity (Wildman–Crippen MR) is 117 cm³/mol. The molecule has 0 radical (unpaired) electrons. The number of primary amides is 2. The van der Waals surface area contributed by atoms with Crippen LogP contribution in [0.4, 0.5) is 0 Å². The van der Waals surface area contributed by atoms with Crippen molar-refractivity contribution >= 4 is 28.6 Å². The summed E-state index contributed by atoms with van der Waals surface area (Å²) < 4.78 is 6.00. The van der Waals surface area contributed by atoms with Crippen LogP contribution in [0.15, 0.2) is 54.7 Å². The van der Waals surface area contributed by atoms with Crippen LogP contribution in [0.2, 0.25) is 0 Å². The molecule has 2 aromatic carbocycles. The highest BCUT2D eigenvalue weighted by Gasteiger charge is 2.64. The van der Waals surface area contributed by atoms with Crippen LogP contribution in [0.25, 0.3) is 10.9 Å². The van der Waals surface area contributed by atoms with Crippen LogP contribution in [-0.4, -0.2) is 41.0 Å². The number of aliphatic hydroxyl groups excluding tert-OH is 1. The van der Waals surface area contributed by atoms with Gasteiger partial charge in [0.1, 0.15) is 16.9 Å². The summed E-state index contributed by atoms with van der Waals surface area (Å²) in [4.78, 5) is 44.7. The molecule has 1 aliphatic carbocycles. The number of hydroxylamine groups is 1. The second-order valence-electron chi connectivity index (χ2n) is 7.67. The van der Waals surface area contributed by atoms with Gasteiger partial charge in [0.2, 0.25) is 11.8 Å². The summed E-state index contributed by atoms with van der Waals surface area (Å²) in [6.07, 6.45) is 1.86. The zero-order chi connectivity index (χ0) is 23.6. The maximum absolute atomic E-state index is 12.1. The second kappa shape index (κ2) is 8.85. The standard InChI is InChI=1S/C23H22N4O6/c24-21(30)23(22(25)31)12-17(23)13-1-4-15(5-2-13)33-19-7-8-26-18-11-14(3-6-16(18)19)20(29)27-32-10-9-28/h1-8,11,17,28H,9-10,12H2,(H2,24,30)(H2,25,31)(H,27,29). The van der Waals surface area contributed by atoms with Gasteiger partial charge in [0, 0.05) is 23.1 Å². The van der Waals surface area contributed by atoms with Crippen LogP contribution in [0.1, 0.15) is 28.3 Å². The van der Waals surface area contributed by atoms with E-state index in [1.165, 1.54) is 0 Å². The number of aliphatic hydroxyl groups is 1. The summed E-state index contributed by atoms with van der Waals surface area (Å²) in [7, 11) is 0. The van der Waals surface area contributed by atoms with Gasteiger partial charge in [-0.15, -0.1) is 0 Å². The van der Waals surface area contributed by atoms with E-state index in [1.807, 2.05) is 0 Å². The van der Waals surface area contributed by atoms with Gasteiger partial charge < -0.3 is 21.3 Å². The number of hydrogen-bond acceptors (Lipinski definition) is 7. The van der Waals surface area contributed by atoms with Gasteiger partial charge in [-0.05, 0) is 48.4 Å². The van der Waals surface area contributed by atoms with Gasteiger partial charge in [-0.1, -0.05) is 12.1 Å². The molecule has 1 fully saturated rings. The normalized spacial score (nSPS) is 16.2. The summed E-state index contributed by atoms with van der Waals surface area (Å²) in [6, 6.07) is 13.6. The fraction of sp³-hybridized carbons (Fsp3) is 0.217. The number of nitrogens with zero attached hydrogens (tertiary/aromatic N) is 1. The van der Waals surface area contributed by atoms with Crippen molar-refractivity contribution in [1.29, 1.82) is 0 Å². The van der Waals surface area contributed by atoms with Crippen molar-refractivity contribution in [2.75, 3.05) is 13.2 Å². The number of rotatable bonds is 9. The monoisotopic (exact) mass is 450 g/mol. The van der Waals surface area contributed by atoms with E-state index in [9.17, 15) is 14.4 Å². The first-order chi connectivity index (χ1) is 15.9. The first-order valence-electron chi connectivity index (χ1n) is 10.2. The number of amides is 3. The summed E-state index contributed by atoms with van der Waals surface area (Å²) in [6.45, 7) is -0.222. The molecule has 3 amide bonds.